The van der Waals surface area contributed by atoms with Gasteiger partial charge in [-0.05, 0) is 51.5 Å². The van der Waals surface area contributed by atoms with Crippen molar-refractivity contribution in [1.82, 2.24) is 19.5 Å². The quantitative estimate of drug-likeness (QED) is 0.810. The van der Waals surface area contributed by atoms with Crippen LogP contribution in [0.4, 0.5) is 18.0 Å². The summed E-state index contributed by atoms with van der Waals surface area (Å²) in [5.74, 6) is -1.07. The second kappa shape index (κ2) is 7.50. The minimum absolute atomic E-state index is 0.0249. The largest absolute Gasteiger partial charge is 0.391 e. The molecule has 0 bridgehead atoms. The Morgan fingerprint density at radius 2 is 1.86 bits per heavy atom. The van der Waals surface area contributed by atoms with Crippen LogP contribution in [0.3, 0.4) is 0 Å². The fourth-order valence-electron chi connectivity index (χ4n) is 4.77. The van der Waals surface area contributed by atoms with E-state index in [0.29, 0.717) is 31.6 Å². The minimum Gasteiger partial charge on any atom is -0.351 e. The molecule has 29 heavy (non-hydrogen) atoms. The number of nitrogens with zero attached hydrogens (tertiary/aromatic N) is 4. The standard InChI is InChI=1S/C20H26F3N5O/c1-12-9-17(14-3-2-8-27(11-14)19(24)29)28-18(25-12)10-16(26-28)13-4-6-15(7-5-13)20(21,22)23/h9-10,13-15H,2-8,11H2,1H3,(H2,24,29)/t13-,14-,15-/m1/s1. The Hall–Kier alpha value is -2.32. The Labute approximate surface area is 167 Å². The number of halogens is 3. The third kappa shape index (κ3) is 4.04. The highest BCUT2D eigenvalue weighted by molar-refractivity contribution is 5.72. The summed E-state index contributed by atoms with van der Waals surface area (Å²) in [6.45, 7) is 3.12. The molecular formula is C20H26F3N5O. The Morgan fingerprint density at radius 1 is 1.14 bits per heavy atom. The number of carbonyl (C=O) groups is 1. The number of aryl methyl sites for hydroxylation is 1. The number of piperidine rings is 1. The first-order valence-corrected chi connectivity index (χ1v) is 10.2. The average Bonchev–Trinajstić information content (AvgIpc) is 3.10. The number of aromatic nitrogens is 3. The highest BCUT2D eigenvalue weighted by Crippen LogP contribution is 2.42. The first kappa shape index (κ1) is 20.0. The molecule has 0 spiro atoms. The summed E-state index contributed by atoms with van der Waals surface area (Å²) in [5.41, 5.74) is 8.83. The van der Waals surface area contributed by atoms with Crippen molar-refractivity contribution in [2.75, 3.05) is 13.1 Å². The topological polar surface area (TPSA) is 76.5 Å². The molecule has 2 aromatic heterocycles. The van der Waals surface area contributed by atoms with E-state index in [0.717, 1.165) is 29.9 Å². The maximum Gasteiger partial charge on any atom is 0.391 e. The minimum atomic E-state index is -4.11. The van der Waals surface area contributed by atoms with Crippen LogP contribution in [0, 0.1) is 12.8 Å². The van der Waals surface area contributed by atoms with Gasteiger partial charge >= 0.3 is 12.2 Å². The Bertz CT molecular complexity index is 901. The number of likely N-dealkylation sites (tertiary alicyclic amines) is 1. The van der Waals surface area contributed by atoms with Gasteiger partial charge in [-0.15, -0.1) is 0 Å². The van der Waals surface area contributed by atoms with Crippen LogP contribution in [0.25, 0.3) is 5.65 Å². The van der Waals surface area contributed by atoms with Crippen LogP contribution in [0.15, 0.2) is 12.1 Å². The zero-order valence-electron chi connectivity index (χ0n) is 16.5. The van der Waals surface area contributed by atoms with Crippen molar-refractivity contribution in [3.63, 3.8) is 0 Å². The fourth-order valence-corrected chi connectivity index (χ4v) is 4.77. The van der Waals surface area contributed by atoms with Crippen LogP contribution in [0.1, 0.15) is 67.4 Å². The molecule has 4 rings (SSSR count). The molecule has 0 aromatic carbocycles. The van der Waals surface area contributed by atoms with E-state index < -0.39 is 18.1 Å². The van der Waals surface area contributed by atoms with E-state index >= 15 is 0 Å². The number of fused-ring (bicyclic) bond motifs is 1. The third-order valence-corrected chi connectivity index (χ3v) is 6.36. The maximum atomic E-state index is 13.0. The van der Waals surface area contributed by atoms with Crippen molar-refractivity contribution in [3.05, 3.63) is 29.2 Å². The van der Waals surface area contributed by atoms with Crippen LogP contribution in [-0.4, -0.2) is 44.8 Å². The lowest BCUT2D eigenvalue weighted by atomic mass is 9.80. The number of primary amides is 1. The average molecular weight is 409 g/mol. The van der Waals surface area contributed by atoms with Gasteiger partial charge < -0.3 is 10.6 Å². The number of hydrogen-bond acceptors (Lipinski definition) is 3. The van der Waals surface area contributed by atoms with Gasteiger partial charge in [0.05, 0.1) is 17.3 Å². The molecule has 1 aliphatic carbocycles. The van der Waals surface area contributed by atoms with Crippen LogP contribution < -0.4 is 5.73 Å². The molecule has 2 aliphatic rings. The number of carbonyl (C=O) groups excluding carboxylic acids is 1. The van der Waals surface area contributed by atoms with Gasteiger partial charge in [-0.2, -0.15) is 18.3 Å². The van der Waals surface area contributed by atoms with Crippen molar-refractivity contribution in [2.24, 2.45) is 11.7 Å². The number of alkyl halides is 3. The van der Waals surface area contributed by atoms with Gasteiger partial charge in [0.1, 0.15) is 0 Å². The summed E-state index contributed by atoms with van der Waals surface area (Å²) in [6, 6.07) is 3.47. The van der Waals surface area contributed by atoms with Gasteiger partial charge in [0.2, 0.25) is 0 Å². The summed E-state index contributed by atoms with van der Waals surface area (Å²) in [4.78, 5) is 17.8. The predicted molar refractivity (Wildman–Crippen MR) is 102 cm³/mol. The molecule has 6 nitrogen and oxygen atoms in total. The normalized spacial score (nSPS) is 26.1. The highest BCUT2D eigenvalue weighted by atomic mass is 19.4. The lowest BCUT2D eigenvalue weighted by Crippen LogP contribution is -2.42. The summed E-state index contributed by atoms with van der Waals surface area (Å²) < 4.78 is 40.7. The smallest absolute Gasteiger partial charge is 0.351 e. The number of amides is 2. The van der Waals surface area contributed by atoms with Gasteiger partial charge in [-0.3, -0.25) is 0 Å². The molecule has 2 aromatic rings. The first-order valence-electron chi connectivity index (χ1n) is 10.2. The van der Waals surface area contributed by atoms with E-state index in [1.807, 2.05) is 23.6 Å². The summed E-state index contributed by atoms with van der Waals surface area (Å²) in [7, 11) is 0. The van der Waals surface area contributed by atoms with Gasteiger partial charge in [0.25, 0.3) is 0 Å². The van der Waals surface area contributed by atoms with Crippen molar-refractivity contribution in [2.45, 2.75) is 63.5 Å². The zero-order valence-corrected chi connectivity index (χ0v) is 16.5. The van der Waals surface area contributed by atoms with Crippen LogP contribution in [-0.2, 0) is 0 Å². The summed E-state index contributed by atoms with van der Waals surface area (Å²) in [5, 5.41) is 4.75. The SMILES string of the molecule is Cc1cc([C@@H]2CCCN(C(N)=O)C2)n2nc([C@H]3CC[C@H](C(F)(F)F)CC3)cc2n1. The Kier molecular flexibility index (Phi) is 5.16. The molecular weight excluding hydrogens is 383 g/mol. The van der Waals surface area contributed by atoms with Crippen molar-refractivity contribution >= 4 is 11.7 Å². The molecule has 0 unspecified atom stereocenters. The number of urea groups is 1. The molecule has 1 aliphatic heterocycles. The molecule has 1 atom stereocenters. The molecule has 1 saturated carbocycles. The van der Waals surface area contributed by atoms with E-state index in [2.05, 4.69) is 4.98 Å². The van der Waals surface area contributed by atoms with Crippen molar-refractivity contribution in [1.29, 1.82) is 0 Å². The van der Waals surface area contributed by atoms with Gasteiger partial charge in [0, 0.05) is 36.7 Å². The second-order valence-corrected chi connectivity index (χ2v) is 8.38. The lowest BCUT2D eigenvalue weighted by molar-refractivity contribution is -0.182. The highest BCUT2D eigenvalue weighted by Gasteiger charge is 2.42. The molecule has 2 fully saturated rings. The third-order valence-electron chi connectivity index (χ3n) is 6.36. The Morgan fingerprint density at radius 3 is 2.52 bits per heavy atom. The molecule has 2 N–H and O–H groups in total. The molecule has 9 heteroatoms. The molecule has 0 radical (unpaired) electrons. The predicted octanol–water partition coefficient (Wildman–Crippen LogP) is 4.13. The first-order chi connectivity index (χ1) is 13.7. The number of rotatable bonds is 2. The van der Waals surface area contributed by atoms with E-state index in [-0.39, 0.29) is 24.7 Å². The number of hydrogen-bond donors (Lipinski definition) is 1. The molecule has 3 heterocycles. The zero-order chi connectivity index (χ0) is 20.8. The van der Waals surface area contributed by atoms with E-state index in [1.165, 1.54) is 0 Å². The van der Waals surface area contributed by atoms with E-state index in [4.69, 9.17) is 10.8 Å². The van der Waals surface area contributed by atoms with Gasteiger partial charge in [0.15, 0.2) is 5.65 Å². The van der Waals surface area contributed by atoms with Crippen molar-refractivity contribution < 1.29 is 18.0 Å². The van der Waals surface area contributed by atoms with Crippen molar-refractivity contribution in [3.8, 4) is 0 Å². The van der Waals surface area contributed by atoms with Gasteiger partial charge in [-0.1, -0.05) is 0 Å². The van der Waals surface area contributed by atoms with Crippen LogP contribution in [0.5, 0.6) is 0 Å². The molecule has 1 saturated heterocycles. The molecule has 2 amide bonds. The number of nitrogens with two attached hydrogens (primary N) is 1. The second-order valence-electron chi connectivity index (χ2n) is 8.38. The monoisotopic (exact) mass is 409 g/mol. The van der Waals surface area contributed by atoms with Crippen LogP contribution >= 0.6 is 0 Å². The van der Waals surface area contributed by atoms with Crippen LogP contribution in [0.2, 0.25) is 0 Å². The maximum absolute atomic E-state index is 13.0. The van der Waals surface area contributed by atoms with E-state index in [1.54, 1.807) is 4.90 Å². The van der Waals surface area contributed by atoms with Gasteiger partial charge in [-0.25, -0.2) is 14.3 Å². The summed E-state index contributed by atoms with van der Waals surface area (Å²) >= 11 is 0. The lowest BCUT2D eigenvalue weighted by Gasteiger charge is -2.31. The van der Waals surface area contributed by atoms with E-state index in [9.17, 15) is 18.0 Å². The molecule has 158 valence electrons. The Balaban J connectivity index is 1.60. The summed E-state index contributed by atoms with van der Waals surface area (Å²) in [6.07, 6.45) is -1.04. The fraction of sp³-hybridized carbons (Fsp3) is 0.650.